The van der Waals surface area contributed by atoms with Crippen molar-refractivity contribution in [3.8, 4) is 11.5 Å². The summed E-state index contributed by atoms with van der Waals surface area (Å²) in [6.45, 7) is 13.9. The maximum Gasteiger partial charge on any atom is 0.412 e. The second-order valence-electron chi connectivity index (χ2n) is 16.7. The zero-order chi connectivity index (χ0) is 49.7. The number of rotatable bonds is 18. The number of aromatic nitrogens is 10. The molecule has 2 aromatic carbocycles. The van der Waals surface area contributed by atoms with Gasteiger partial charge in [-0.25, -0.2) is 14.8 Å². The predicted molar refractivity (Wildman–Crippen MR) is 255 cm³/mol. The zero-order valence-corrected chi connectivity index (χ0v) is 39.1. The SMILES string of the molecule is CCn1nc(C)cc1C(=O)Nc1nc2cc(C(N)=O)cc(O)c2n1C/C=C/Cn1c(NC(=O)c2cc(C)nn2CC)nc2cc(C(N)=O)cc(OC/C=C/Cn3cc(NC(=O)OC(C)(C)C)cn3)c21. The Morgan fingerprint density at radius 3 is 1.77 bits per heavy atom. The smallest absolute Gasteiger partial charge is 0.412 e. The monoisotopic (exact) mass is 943 g/mol. The first-order valence-electron chi connectivity index (χ1n) is 21.9. The lowest BCUT2D eigenvalue weighted by Crippen LogP contribution is -2.27. The predicted octanol–water partition coefficient (Wildman–Crippen LogP) is 5.28. The van der Waals surface area contributed by atoms with Gasteiger partial charge < -0.3 is 35.2 Å². The largest absolute Gasteiger partial charge is 0.506 e. The molecule has 69 heavy (non-hydrogen) atoms. The standard InChI is InChI=1S/C46H53N15O8/c1-8-60-33(18-26(3)55-60)41(65)53-43-51-31-20-28(39(47)63)22-35(62)37(31)58(43)15-10-11-16-59-38-32(52-44(59)54-42(66)34-19-27(4)56-61(34)9-2)21-29(40(48)64)23-36(38)68-17-13-12-14-57-25-30(24-49-57)50-45(67)69-46(5,6)7/h10-13,18-25,62H,8-9,14-17H2,1-7H3,(H2,47,63)(H2,48,64)(H,50,67)(H,51,53,65)(H,52,54,66)/b11-10+,13-12+. The summed E-state index contributed by atoms with van der Waals surface area (Å²) in [7, 11) is 0. The number of fused-ring (bicyclic) bond motifs is 2. The maximum absolute atomic E-state index is 13.8. The van der Waals surface area contributed by atoms with Crippen LogP contribution in [0.5, 0.6) is 11.5 Å². The summed E-state index contributed by atoms with van der Waals surface area (Å²) >= 11 is 0. The number of nitrogens with zero attached hydrogens (tertiary/aromatic N) is 10. The van der Waals surface area contributed by atoms with E-state index in [0.29, 0.717) is 53.6 Å². The highest BCUT2D eigenvalue weighted by atomic mass is 16.6. The molecule has 23 nitrogen and oxygen atoms in total. The Kier molecular flexibility index (Phi) is 14.0. The van der Waals surface area contributed by atoms with Crippen molar-refractivity contribution >= 4 is 69.4 Å². The molecule has 0 fully saturated rings. The number of hydrogen-bond acceptors (Lipinski definition) is 13. The minimum absolute atomic E-state index is 0.0191. The number of amides is 5. The normalized spacial score (nSPS) is 11.8. The number of phenols is 1. The van der Waals surface area contributed by atoms with Gasteiger partial charge >= 0.3 is 6.09 Å². The summed E-state index contributed by atoms with van der Waals surface area (Å²) in [4.78, 5) is 73.7. The van der Waals surface area contributed by atoms with E-state index in [1.807, 2.05) is 13.8 Å². The number of carbonyl (C=O) groups is 5. The van der Waals surface area contributed by atoms with Crippen molar-refractivity contribution in [2.45, 2.75) is 86.8 Å². The fourth-order valence-corrected chi connectivity index (χ4v) is 7.38. The van der Waals surface area contributed by atoms with E-state index in [1.54, 1.807) is 100 Å². The highest BCUT2D eigenvalue weighted by Crippen LogP contribution is 2.33. The first-order chi connectivity index (χ1) is 32.8. The fourth-order valence-electron chi connectivity index (χ4n) is 7.38. The minimum Gasteiger partial charge on any atom is -0.506 e. The molecular weight excluding hydrogens is 891 g/mol. The molecule has 0 aliphatic rings. The fraction of sp³-hybridized carbons (Fsp3) is 0.304. The van der Waals surface area contributed by atoms with Gasteiger partial charge in [0.1, 0.15) is 46.1 Å². The highest BCUT2D eigenvalue weighted by molar-refractivity contribution is 6.05. The van der Waals surface area contributed by atoms with Crippen molar-refractivity contribution in [1.29, 1.82) is 0 Å². The van der Waals surface area contributed by atoms with Gasteiger partial charge in [0.15, 0.2) is 0 Å². The Bertz CT molecular complexity index is 3180. The van der Waals surface area contributed by atoms with Gasteiger partial charge in [-0.15, -0.1) is 0 Å². The highest BCUT2D eigenvalue weighted by Gasteiger charge is 2.24. The van der Waals surface area contributed by atoms with Gasteiger partial charge in [0.05, 0.1) is 40.9 Å². The van der Waals surface area contributed by atoms with Gasteiger partial charge in [0.2, 0.25) is 23.7 Å². The van der Waals surface area contributed by atoms with Crippen LogP contribution in [0, 0.1) is 13.8 Å². The van der Waals surface area contributed by atoms with Crippen molar-refractivity contribution in [3.63, 3.8) is 0 Å². The molecule has 5 amide bonds. The second-order valence-corrected chi connectivity index (χ2v) is 16.7. The van der Waals surface area contributed by atoms with E-state index in [1.165, 1.54) is 30.5 Å². The molecule has 0 spiro atoms. The molecule has 0 saturated heterocycles. The number of anilines is 3. The van der Waals surface area contributed by atoms with Gasteiger partial charge in [0.25, 0.3) is 11.8 Å². The lowest BCUT2D eigenvalue weighted by molar-refractivity contribution is 0.0635. The first kappa shape index (κ1) is 48.2. The quantitative estimate of drug-likeness (QED) is 0.0598. The van der Waals surface area contributed by atoms with Crippen molar-refractivity contribution in [2.75, 3.05) is 22.6 Å². The third-order valence-electron chi connectivity index (χ3n) is 10.3. The van der Waals surface area contributed by atoms with Gasteiger partial charge in [-0.2, -0.15) is 15.3 Å². The van der Waals surface area contributed by atoms with Crippen LogP contribution in [-0.2, 0) is 37.5 Å². The third-order valence-corrected chi connectivity index (χ3v) is 10.3. The Balaban J connectivity index is 1.20. The Morgan fingerprint density at radius 2 is 1.23 bits per heavy atom. The number of carbonyl (C=O) groups excluding carboxylic acids is 5. The molecule has 7 rings (SSSR count). The van der Waals surface area contributed by atoms with E-state index < -0.39 is 35.3 Å². The van der Waals surface area contributed by atoms with Crippen LogP contribution < -0.4 is 32.2 Å². The van der Waals surface area contributed by atoms with Crippen LogP contribution in [0.25, 0.3) is 22.1 Å². The summed E-state index contributed by atoms with van der Waals surface area (Å²) in [5.74, 6) is -2.39. The van der Waals surface area contributed by atoms with Crippen LogP contribution in [-0.4, -0.2) is 95.5 Å². The van der Waals surface area contributed by atoms with Crippen molar-refractivity contribution in [2.24, 2.45) is 11.5 Å². The summed E-state index contributed by atoms with van der Waals surface area (Å²) in [5.41, 5.74) is 14.2. The molecule has 0 unspecified atom stereocenters. The molecule has 0 bridgehead atoms. The minimum atomic E-state index is -0.777. The number of primary amides is 2. The molecule has 0 saturated carbocycles. The maximum atomic E-state index is 13.8. The molecule has 0 aliphatic heterocycles. The Labute approximate surface area is 394 Å². The molecule has 5 aromatic heterocycles. The van der Waals surface area contributed by atoms with Crippen LogP contribution in [0.2, 0.25) is 0 Å². The third kappa shape index (κ3) is 11.1. The van der Waals surface area contributed by atoms with E-state index in [9.17, 15) is 29.1 Å². The second kappa shape index (κ2) is 20.0. The lowest BCUT2D eigenvalue weighted by Gasteiger charge is -2.19. The molecule has 23 heteroatoms. The topological polar surface area (TPSA) is 301 Å². The van der Waals surface area contributed by atoms with Crippen molar-refractivity contribution < 1.29 is 38.6 Å². The number of ether oxygens (including phenoxy) is 2. The van der Waals surface area contributed by atoms with E-state index >= 15 is 0 Å². The van der Waals surface area contributed by atoms with Crippen molar-refractivity contribution in [1.82, 2.24) is 48.4 Å². The molecule has 360 valence electrons. The van der Waals surface area contributed by atoms with E-state index in [4.69, 9.17) is 25.9 Å². The number of imidazole rings is 2. The van der Waals surface area contributed by atoms with E-state index in [-0.39, 0.29) is 70.8 Å². The van der Waals surface area contributed by atoms with Crippen molar-refractivity contribution in [3.05, 3.63) is 107 Å². The van der Waals surface area contributed by atoms with E-state index in [0.717, 1.165) is 0 Å². The van der Waals surface area contributed by atoms with Gasteiger partial charge in [-0.05, 0) is 90.9 Å². The molecule has 0 aliphatic carbocycles. The molecule has 0 radical (unpaired) electrons. The average molecular weight is 944 g/mol. The zero-order valence-electron chi connectivity index (χ0n) is 39.1. The summed E-state index contributed by atoms with van der Waals surface area (Å²) in [6.07, 6.45) is 9.59. The Morgan fingerprint density at radius 1 is 0.710 bits per heavy atom. The summed E-state index contributed by atoms with van der Waals surface area (Å²) in [6, 6.07) is 8.93. The number of aromatic hydroxyl groups is 1. The van der Waals surface area contributed by atoms with E-state index in [2.05, 4.69) is 36.2 Å². The summed E-state index contributed by atoms with van der Waals surface area (Å²) in [5, 5.41) is 32.6. The van der Waals surface area contributed by atoms with Crippen LogP contribution >= 0.6 is 0 Å². The van der Waals surface area contributed by atoms with Gasteiger partial charge in [-0.3, -0.25) is 49.2 Å². The number of nitrogens with one attached hydrogen (secondary N) is 3. The number of aryl methyl sites for hydroxylation is 4. The first-order valence-corrected chi connectivity index (χ1v) is 21.9. The summed E-state index contributed by atoms with van der Waals surface area (Å²) < 4.78 is 19.5. The Hall–Kier alpha value is -8.76. The van der Waals surface area contributed by atoms with Gasteiger partial charge in [0, 0.05) is 43.5 Å². The average Bonchev–Trinajstić information content (AvgIpc) is 4.11. The molecule has 0 atom stereocenters. The number of allylic oxidation sites excluding steroid dienone is 3. The van der Waals surface area contributed by atoms with Crippen LogP contribution in [0.4, 0.5) is 22.4 Å². The number of nitrogens with two attached hydrogens (primary N) is 2. The van der Waals surface area contributed by atoms with Crippen LogP contribution in [0.3, 0.4) is 0 Å². The number of benzene rings is 2. The molecule has 8 N–H and O–H groups in total. The molecule has 7 aromatic rings. The van der Waals surface area contributed by atoms with Crippen LogP contribution in [0.15, 0.2) is 73.1 Å². The lowest BCUT2D eigenvalue weighted by atomic mass is 10.1. The van der Waals surface area contributed by atoms with Gasteiger partial charge in [-0.1, -0.05) is 18.2 Å². The molecule has 5 heterocycles. The number of hydrogen-bond donors (Lipinski definition) is 6. The van der Waals surface area contributed by atoms with Crippen LogP contribution in [0.1, 0.15) is 87.7 Å². The molecular formula is C46H53N15O8. The number of phenolic OH excluding ortho intramolecular Hbond substituents is 1.